The van der Waals surface area contributed by atoms with Gasteiger partial charge in [0.15, 0.2) is 6.10 Å². The maximum Gasteiger partial charge on any atom is 0.306 e. The molecule has 0 radical (unpaired) electrons. The van der Waals surface area contributed by atoms with Gasteiger partial charge in [-0.1, -0.05) is 304 Å². The van der Waals surface area contributed by atoms with E-state index in [2.05, 4.69) is 118 Å². The third-order valence-corrected chi connectivity index (χ3v) is 14.6. The Morgan fingerprint density at radius 3 is 0.797 bits per heavy atom. The summed E-state index contributed by atoms with van der Waals surface area (Å²) >= 11 is 0. The predicted octanol–water partition coefficient (Wildman–Crippen LogP) is 23.2. The molecule has 0 aromatic rings. The van der Waals surface area contributed by atoms with Crippen molar-refractivity contribution in [3.8, 4) is 0 Å². The Morgan fingerprint density at radius 1 is 0.266 bits per heavy atom. The molecule has 0 spiro atoms. The van der Waals surface area contributed by atoms with Crippen LogP contribution in [0.5, 0.6) is 0 Å². The second kappa shape index (κ2) is 66.8. The molecule has 6 nitrogen and oxygen atoms in total. The Morgan fingerprint density at radius 2 is 0.494 bits per heavy atom. The number of hydrogen-bond acceptors (Lipinski definition) is 6. The van der Waals surface area contributed by atoms with E-state index in [9.17, 15) is 14.4 Å². The third-order valence-electron chi connectivity index (χ3n) is 14.6. The molecule has 0 bridgehead atoms. The van der Waals surface area contributed by atoms with Crippen molar-refractivity contribution < 1.29 is 28.6 Å². The molecule has 6 heteroatoms. The highest BCUT2D eigenvalue weighted by Crippen LogP contribution is 2.17. The summed E-state index contributed by atoms with van der Waals surface area (Å²) in [6.07, 6.45) is 90.0. The number of rotatable bonds is 61. The zero-order chi connectivity index (χ0) is 57.1. The average molecular weight is 1100 g/mol. The van der Waals surface area contributed by atoms with Crippen molar-refractivity contribution in [3.63, 3.8) is 0 Å². The lowest BCUT2D eigenvalue weighted by Gasteiger charge is -2.18. The standard InChI is InChI=1S/C73H126O6/c1-4-7-10-13-16-19-22-25-27-29-31-33-34-35-36-37-38-40-41-43-45-48-51-54-57-60-63-66-72(75)78-69-70(68-77-71(74)65-62-59-56-53-50-47-24-21-18-15-12-9-6-3)79-73(76)67-64-61-58-55-52-49-46-44-42-39-32-30-28-26-23-20-17-14-11-8-5-2/h8,11,17,20,22,25-26,28-29,31-32,39,44,46,52,55,70H,4-7,9-10,12-16,18-19,21,23-24,27,30,33-38,40-43,45,47-51,53-54,56-69H2,1-3H3/b11-8-,20-17-,25-22-,28-26-,31-29-,39-32-,46-44-,55-52-. The van der Waals surface area contributed by atoms with E-state index in [0.717, 1.165) is 96.3 Å². The number of carbonyl (C=O) groups excluding carboxylic acids is 3. The van der Waals surface area contributed by atoms with E-state index in [-0.39, 0.29) is 37.5 Å². The number of ether oxygens (including phenoxy) is 3. The molecule has 0 saturated carbocycles. The first-order chi connectivity index (χ1) is 39.0. The smallest absolute Gasteiger partial charge is 0.306 e. The van der Waals surface area contributed by atoms with Crippen LogP contribution in [0.3, 0.4) is 0 Å². The molecule has 0 fully saturated rings. The summed E-state index contributed by atoms with van der Waals surface area (Å²) in [6.45, 7) is 6.51. The molecule has 0 amide bonds. The van der Waals surface area contributed by atoms with Crippen LogP contribution in [0.25, 0.3) is 0 Å². The van der Waals surface area contributed by atoms with Crippen LogP contribution >= 0.6 is 0 Å². The summed E-state index contributed by atoms with van der Waals surface area (Å²) < 4.78 is 16.9. The molecule has 0 aliphatic rings. The van der Waals surface area contributed by atoms with E-state index in [0.29, 0.717) is 19.3 Å². The molecule has 0 rings (SSSR count). The molecular formula is C73H126O6. The SMILES string of the molecule is CC/C=C\C/C=C\C/C=C\C/C=C\C/C=C\C/C=C\CCCCC(=O)OC(COC(=O)CCCCCCCCCCCCCCC)COC(=O)CCCCCCCCCCCCCCCCC/C=C\C/C=C\CCCCCCC. The van der Waals surface area contributed by atoms with Gasteiger partial charge in [-0.25, -0.2) is 0 Å². The highest BCUT2D eigenvalue weighted by molar-refractivity contribution is 5.71. The molecular weight excluding hydrogens is 973 g/mol. The van der Waals surface area contributed by atoms with Crippen LogP contribution in [-0.4, -0.2) is 37.2 Å². The van der Waals surface area contributed by atoms with Crippen molar-refractivity contribution in [2.45, 2.75) is 335 Å². The van der Waals surface area contributed by atoms with Crippen LogP contribution in [0.2, 0.25) is 0 Å². The summed E-state index contributed by atoms with van der Waals surface area (Å²) in [7, 11) is 0. The van der Waals surface area contributed by atoms with Crippen LogP contribution in [0.15, 0.2) is 97.2 Å². The number of allylic oxidation sites excluding steroid dienone is 16. The molecule has 0 aliphatic carbocycles. The molecule has 454 valence electrons. The first-order valence-electron chi connectivity index (χ1n) is 33.7. The Labute approximate surface area is 489 Å². The van der Waals surface area contributed by atoms with Gasteiger partial charge in [-0.2, -0.15) is 0 Å². The number of esters is 3. The number of carbonyl (C=O) groups is 3. The van der Waals surface area contributed by atoms with Crippen LogP contribution < -0.4 is 0 Å². The second-order valence-electron chi connectivity index (χ2n) is 22.4. The molecule has 79 heavy (non-hydrogen) atoms. The van der Waals surface area contributed by atoms with Crippen molar-refractivity contribution in [1.29, 1.82) is 0 Å². The minimum absolute atomic E-state index is 0.0921. The third kappa shape index (κ3) is 65.0. The van der Waals surface area contributed by atoms with Crippen molar-refractivity contribution in [1.82, 2.24) is 0 Å². The van der Waals surface area contributed by atoms with Crippen molar-refractivity contribution in [2.24, 2.45) is 0 Å². The summed E-state index contributed by atoms with van der Waals surface area (Å²) in [5, 5.41) is 0. The van der Waals surface area contributed by atoms with Gasteiger partial charge >= 0.3 is 17.9 Å². The highest BCUT2D eigenvalue weighted by Gasteiger charge is 2.19. The van der Waals surface area contributed by atoms with Gasteiger partial charge in [0.2, 0.25) is 0 Å². The Hall–Kier alpha value is -3.67. The van der Waals surface area contributed by atoms with Gasteiger partial charge in [0, 0.05) is 19.3 Å². The van der Waals surface area contributed by atoms with Gasteiger partial charge in [-0.15, -0.1) is 0 Å². The summed E-state index contributed by atoms with van der Waals surface area (Å²) in [5.74, 6) is -0.923. The quantitative estimate of drug-likeness (QED) is 0.0261. The van der Waals surface area contributed by atoms with Crippen LogP contribution in [0.1, 0.15) is 329 Å². The average Bonchev–Trinajstić information content (AvgIpc) is 3.45. The summed E-state index contributed by atoms with van der Waals surface area (Å²) in [6, 6.07) is 0. The van der Waals surface area contributed by atoms with Crippen molar-refractivity contribution in [3.05, 3.63) is 97.2 Å². The summed E-state index contributed by atoms with van der Waals surface area (Å²) in [5.41, 5.74) is 0. The largest absolute Gasteiger partial charge is 0.462 e. The molecule has 0 aromatic carbocycles. The normalized spacial score (nSPS) is 12.7. The van der Waals surface area contributed by atoms with Gasteiger partial charge in [0.25, 0.3) is 0 Å². The number of unbranched alkanes of at least 4 members (excludes halogenated alkanes) is 34. The number of hydrogen-bond donors (Lipinski definition) is 0. The molecule has 0 heterocycles. The van der Waals surface area contributed by atoms with E-state index < -0.39 is 6.10 Å². The van der Waals surface area contributed by atoms with Crippen LogP contribution in [0.4, 0.5) is 0 Å². The van der Waals surface area contributed by atoms with E-state index in [1.807, 2.05) is 0 Å². The fourth-order valence-corrected chi connectivity index (χ4v) is 9.54. The fraction of sp³-hybridized carbons (Fsp3) is 0.740. The van der Waals surface area contributed by atoms with Gasteiger partial charge in [-0.05, 0) is 103 Å². The monoisotopic (exact) mass is 1100 g/mol. The van der Waals surface area contributed by atoms with Gasteiger partial charge in [0.05, 0.1) is 0 Å². The van der Waals surface area contributed by atoms with E-state index in [1.165, 1.54) is 186 Å². The maximum atomic E-state index is 12.9. The molecule has 0 aliphatic heterocycles. The van der Waals surface area contributed by atoms with Gasteiger partial charge in [0.1, 0.15) is 13.2 Å². The first-order valence-corrected chi connectivity index (χ1v) is 33.7. The van der Waals surface area contributed by atoms with Crippen LogP contribution in [-0.2, 0) is 28.6 Å². The molecule has 1 atom stereocenters. The minimum atomic E-state index is -0.801. The van der Waals surface area contributed by atoms with E-state index >= 15 is 0 Å². The minimum Gasteiger partial charge on any atom is -0.462 e. The van der Waals surface area contributed by atoms with E-state index in [4.69, 9.17) is 14.2 Å². The molecule has 0 aromatic heterocycles. The Balaban J connectivity index is 4.33. The van der Waals surface area contributed by atoms with Crippen molar-refractivity contribution in [2.75, 3.05) is 13.2 Å². The van der Waals surface area contributed by atoms with E-state index in [1.54, 1.807) is 0 Å². The lowest BCUT2D eigenvalue weighted by atomic mass is 10.0. The molecule has 0 saturated heterocycles. The zero-order valence-electron chi connectivity index (χ0n) is 52.1. The Kier molecular flexibility index (Phi) is 63.7. The predicted molar refractivity (Wildman–Crippen MR) is 344 cm³/mol. The molecule has 1 unspecified atom stereocenters. The van der Waals surface area contributed by atoms with Crippen LogP contribution in [0, 0.1) is 0 Å². The lowest BCUT2D eigenvalue weighted by molar-refractivity contribution is -0.167. The second-order valence-corrected chi connectivity index (χ2v) is 22.4. The highest BCUT2D eigenvalue weighted by atomic mass is 16.6. The topological polar surface area (TPSA) is 78.9 Å². The Bertz CT molecular complexity index is 1540. The summed E-state index contributed by atoms with van der Waals surface area (Å²) in [4.78, 5) is 38.3. The van der Waals surface area contributed by atoms with Gasteiger partial charge < -0.3 is 14.2 Å². The first kappa shape index (κ1) is 75.3. The van der Waals surface area contributed by atoms with Gasteiger partial charge in [-0.3, -0.25) is 14.4 Å². The zero-order valence-corrected chi connectivity index (χ0v) is 52.1. The van der Waals surface area contributed by atoms with Crippen molar-refractivity contribution >= 4 is 17.9 Å². The lowest BCUT2D eigenvalue weighted by Crippen LogP contribution is -2.30. The fourth-order valence-electron chi connectivity index (χ4n) is 9.54. The maximum absolute atomic E-state index is 12.9. The molecule has 0 N–H and O–H groups in total.